The second kappa shape index (κ2) is 6.35. The molecule has 2 rings (SSSR count). The zero-order valence-corrected chi connectivity index (χ0v) is 10.6. The first kappa shape index (κ1) is 12.0. The van der Waals surface area contributed by atoms with Gasteiger partial charge in [0.15, 0.2) is 0 Å². The molecule has 1 aliphatic heterocycles. The molecule has 16 heavy (non-hydrogen) atoms. The summed E-state index contributed by atoms with van der Waals surface area (Å²) in [7, 11) is 0. The van der Waals surface area contributed by atoms with E-state index in [2.05, 4.69) is 29.7 Å². The number of nitrogens with one attached hydrogen (secondary N) is 2. The number of morpholine rings is 1. The van der Waals surface area contributed by atoms with Crippen molar-refractivity contribution < 1.29 is 4.74 Å². The van der Waals surface area contributed by atoms with E-state index in [-0.39, 0.29) is 0 Å². The lowest BCUT2D eigenvalue weighted by Crippen LogP contribution is -2.47. The minimum Gasteiger partial charge on any atom is -0.378 e. The topological polar surface area (TPSA) is 33.3 Å². The normalized spacial score (nSPS) is 21.2. The third-order valence-corrected chi connectivity index (χ3v) is 3.98. The van der Waals surface area contributed by atoms with E-state index < -0.39 is 0 Å². The van der Waals surface area contributed by atoms with Crippen LogP contribution in [0.5, 0.6) is 0 Å². The van der Waals surface area contributed by atoms with Gasteiger partial charge in [-0.05, 0) is 18.6 Å². The average molecular weight is 240 g/mol. The van der Waals surface area contributed by atoms with Crippen LogP contribution in [-0.4, -0.2) is 32.3 Å². The number of hydrogen-bond donors (Lipinski definition) is 2. The van der Waals surface area contributed by atoms with Crippen molar-refractivity contribution >= 4 is 11.3 Å². The monoisotopic (exact) mass is 240 g/mol. The van der Waals surface area contributed by atoms with Crippen LogP contribution in [-0.2, 0) is 17.7 Å². The summed E-state index contributed by atoms with van der Waals surface area (Å²) >= 11 is 1.91. The van der Waals surface area contributed by atoms with E-state index in [9.17, 15) is 0 Å². The van der Waals surface area contributed by atoms with Crippen molar-refractivity contribution in [1.29, 1.82) is 0 Å². The van der Waals surface area contributed by atoms with Gasteiger partial charge in [-0.2, -0.15) is 0 Å². The van der Waals surface area contributed by atoms with Crippen molar-refractivity contribution in [2.75, 3.05) is 26.3 Å². The molecule has 2 N–H and O–H groups in total. The van der Waals surface area contributed by atoms with E-state index in [0.717, 1.165) is 39.3 Å². The van der Waals surface area contributed by atoms with E-state index in [1.54, 1.807) is 0 Å². The van der Waals surface area contributed by atoms with Crippen LogP contribution in [0.3, 0.4) is 0 Å². The lowest BCUT2D eigenvalue weighted by Gasteiger charge is -2.23. The van der Waals surface area contributed by atoms with E-state index >= 15 is 0 Å². The van der Waals surface area contributed by atoms with Crippen molar-refractivity contribution in [3.8, 4) is 0 Å². The molecule has 1 atom stereocenters. The molecule has 1 aromatic heterocycles. The van der Waals surface area contributed by atoms with Crippen molar-refractivity contribution in [3.63, 3.8) is 0 Å². The van der Waals surface area contributed by atoms with Gasteiger partial charge in [0.2, 0.25) is 0 Å². The van der Waals surface area contributed by atoms with Gasteiger partial charge in [0.1, 0.15) is 0 Å². The summed E-state index contributed by atoms with van der Waals surface area (Å²) in [5.41, 5.74) is 0. The maximum Gasteiger partial charge on any atom is 0.0632 e. The van der Waals surface area contributed by atoms with Gasteiger partial charge < -0.3 is 15.4 Å². The summed E-state index contributed by atoms with van der Waals surface area (Å²) < 4.78 is 5.41. The van der Waals surface area contributed by atoms with Gasteiger partial charge in [0.25, 0.3) is 0 Å². The standard InChI is InChI=1S/C12H20N2OS/c1-2-11-3-4-12(16-11)8-13-7-10-9-15-6-5-14-10/h3-4,10,13-14H,2,5-9H2,1H3. The number of rotatable bonds is 5. The highest BCUT2D eigenvalue weighted by molar-refractivity contribution is 7.11. The highest BCUT2D eigenvalue weighted by atomic mass is 32.1. The van der Waals surface area contributed by atoms with Gasteiger partial charge in [-0.3, -0.25) is 0 Å². The average Bonchev–Trinajstić information content (AvgIpc) is 2.78. The third-order valence-electron chi connectivity index (χ3n) is 2.75. The second-order valence-corrected chi connectivity index (χ2v) is 5.33. The molecule has 1 aliphatic rings. The molecule has 0 radical (unpaired) electrons. The maximum absolute atomic E-state index is 5.41. The van der Waals surface area contributed by atoms with Crippen molar-refractivity contribution in [2.24, 2.45) is 0 Å². The molecule has 1 aromatic rings. The van der Waals surface area contributed by atoms with Crippen molar-refractivity contribution in [3.05, 3.63) is 21.9 Å². The lowest BCUT2D eigenvalue weighted by atomic mass is 10.3. The van der Waals surface area contributed by atoms with E-state index in [1.165, 1.54) is 9.75 Å². The minimum absolute atomic E-state index is 0.472. The Kier molecular flexibility index (Phi) is 4.78. The highest BCUT2D eigenvalue weighted by Gasteiger charge is 2.11. The van der Waals surface area contributed by atoms with Gasteiger partial charge in [0, 0.05) is 35.4 Å². The van der Waals surface area contributed by atoms with Crippen LogP contribution in [0.1, 0.15) is 16.7 Å². The van der Waals surface area contributed by atoms with Crippen LogP contribution < -0.4 is 10.6 Å². The van der Waals surface area contributed by atoms with Crippen LogP contribution in [0, 0.1) is 0 Å². The van der Waals surface area contributed by atoms with Crippen LogP contribution in [0.4, 0.5) is 0 Å². The zero-order valence-electron chi connectivity index (χ0n) is 9.79. The SMILES string of the molecule is CCc1ccc(CNCC2COCCN2)s1. The molecule has 1 fully saturated rings. The van der Waals surface area contributed by atoms with Crippen LogP contribution in [0.15, 0.2) is 12.1 Å². The Morgan fingerprint density at radius 2 is 2.38 bits per heavy atom. The van der Waals surface area contributed by atoms with Gasteiger partial charge in [-0.1, -0.05) is 6.92 Å². The molecule has 0 spiro atoms. The fraction of sp³-hybridized carbons (Fsp3) is 0.667. The molecule has 90 valence electrons. The molecular formula is C12H20N2OS. The van der Waals surface area contributed by atoms with Crippen molar-refractivity contribution in [1.82, 2.24) is 10.6 Å². The smallest absolute Gasteiger partial charge is 0.0632 e. The third kappa shape index (κ3) is 3.56. The summed E-state index contributed by atoms with van der Waals surface area (Å²) in [6.45, 7) is 6.82. The summed E-state index contributed by atoms with van der Waals surface area (Å²) in [6.07, 6.45) is 1.14. The van der Waals surface area contributed by atoms with Gasteiger partial charge in [0.05, 0.1) is 13.2 Å². The Bertz CT molecular complexity index is 308. The number of aryl methyl sites for hydroxylation is 1. The lowest BCUT2D eigenvalue weighted by molar-refractivity contribution is 0.0767. The van der Waals surface area contributed by atoms with Crippen molar-refractivity contribution in [2.45, 2.75) is 25.9 Å². The molecule has 0 bridgehead atoms. The predicted molar refractivity (Wildman–Crippen MR) is 68.0 cm³/mol. The molecule has 0 aliphatic carbocycles. The number of thiophene rings is 1. The Labute approximate surface area is 101 Å². The van der Waals surface area contributed by atoms with E-state index in [0.29, 0.717) is 6.04 Å². The van der Waals surface area contributed by atoms with E-state index in [1.807, 2.05) is 11.3 Å². The van der Waals surface area contributed by atoms with Gasteiger partial charge >= 0.3 is 0 Å². The van der Waals surface area contributed by atoms with Gasteiger partial charge in [-0.25, -0.2) is 0 Å². The molecule has 2 heterocycles. The molecule has 0 aromatic carbocycles. The summed E-state index contributed by atoms with van der Waals surface area (Å²) in [5, 5.41) is 6.91. The molecule has 0 amide bonds. The molecule has 1 saturated heterocycles. The minimum atomic E-state index is 0.472. The zero-order chi connectivity index (χ0) is 11.2. The fourth-order valence-corrected chi connectivity index (χ4v) is 2.76. The first-order chi connectivity index (χ1) is 7.88. The summed E-state index contributed by atoms with van der Waals surface area (Å²) in [4.78, 5) is 2.89. The maximum atomic E-state index is 5.41. The summed E-state index contributed by atoms with van der Waals surface area (Å²) in [5.74, 6) is 0. The summed E-state index contributed by atoms with van der Waals surface area (Å²) in [6, 6.07) is 4.92. The highest BCUT2D eigenvalue weighted by Crippen LogP contribution is 2.16. The Morgan fingerprint density at radius 1 is 1.50 bits per heavy atom. The molecule has 3 nitrogen and oxygen atoms in total. The van der Waals surface area contributed by atoms with Crippen LogP contribution >= 0.6 is 11.3 Å². The fourth-order valence-electron chi connectivity index (χ4n) is 1.83. The molecular weight excluding hydrogens is 220 g/mol. The predicted octanol–water partition coefficient (Wildman–Crippen LogP) is 1.39. The Morgan fingerprint density at radius 3 is 3.06 bits per heavy atom. The molecule has 1 unspecified atom stereocenters. The Balaban J connectivity index is 1.66. The van der Waals surface area contributed by atoms with Gasteiger partial charge in [-0.15, -0.1) is 11.3 Å². The first-order valence-corrected chi connectivity index (χ1v) is 6.79. The second-order valence-electron chi connectivity index (χ2n) is 4.08. The Hall–Kier alpha value is -0.420. The van der Waals surface area contributed by atoms with Crippen LogP contribution in [0.2, 0.25) is 0 Å². The van der Waals surface area contributed by atoms with Crippen LogP contribution in [0.25, 0.3) is 0 Å². The molecule has 0 saturated carbocycles. The quantitative estimate of drug-likeness (QED) is 0.816. The molecule has 4 heteroatoms. The number of ether oxygens (including phenoxy) is 1. The van der Waals surface area contributed by atoms with E-state index in [4.69, 9.17) is 4.74 Å². The first-order valence-electron chi connectivity index (χ1n) is 5.98. The number of hydrogen-bond acceptors (Lipinski definition) is 4. The largest absolute Gasteiger partial charge is 0.378 e.